The predicted octanol–water partition coefficient (Wildman–Crippen LogP) is -3.43. The van der Waals surface area contributed by atoms with Crippen LogP contribution in [0.3, 0.4) is 0 Å². The lowest BCUT2D eigenvalue weighted by molar-refractivity contribution is -0.123. The van der Waals surface area contributed by atoms with Crippen LogP contribution in [0.2, 0.25) is 0 Å². The summed E-state index contributed by atoms with van der Waals surface area (Å²) in [5.74, 6) is 0. The van der Waals surface area contributed by atoms with E-state index in [4.69, 9.17) is 30.6 Å². The normalized spacial score (nSPS) is 17.6. The zero-order chi connectivity index (χ0) is 11.7. The van der Waals surface area contributed by atoms with Gasteiger partial charge in [0.2, 0.25) is 0 Å². The summed E-state index contributed by atoms with van der Waals surface area (Å²) in [6.07, 6.45) is -6.39. The molecule has 8 heteroatoms. The number of nitrogens with two attached hydrogens (primary N) is 1. The van der Waals surface area contributed by atoms with E-state index in [2.05, 4.69) is 5.73 Å². The van der Waals surface area contributed by atoms with Crippen molar-refractivity contribution < 1.29 is 30.6 Å². The standard InChI is InChI=1S/C6H14O6.CH5N.BrH/c7-1-3(9)5(11)6(12)4(10)2-8;1-2;/h3-12H,1-2H2;2H2,1H3;1H. The van der Waals surface area contributed by atoms with Crippen LogP contribution in [0.5, 0.6) is 0 Å². The number of aliphatic hydroxyl groups is 6. The van der Waals surface area contributed by atoms with E-state index in [-0.39, 0.29) is 17.0 Å². The monoisotopic (exact) mass is 293 g/mol. The van der Waals surface area contributed by atoms with Crippen LogP contribution < -0.4 is 5.73 Å². The molecule has 0 saturated carbocycles. The van der Waals surface area contributed by atoms with Crippen molar-refractivity contribution in [1.82, 2.24) is 0 Å². The van der Waals surface area contributed by atoms with E-state index in [0.29, 0.717) is 0 Å². The minimum Gasteiger partial charge on any atom is -0.394 e. The Morgan fingerprint density at radius 2 is 1.00 bits per heavy atom. The van der Waals surface area contributed by atoms with Crippen molar-refractivity contribution in [1.29, 1.82) is 0 Å². The third-order valence-electron chi connectivity index (χ3n) is 1.51. The smallest absolute Gasteiger partial charge is 0.111 e. The summed E-state index contributed by atoms with van der Waals surface area (Å²) in [6, 6.07) is 0. The van der Waals surface area contributed by atoms with E-state index in [1.165, 1.54) is 7.05 Å². The zero-order valence-corrected chi connectivity index (χ0v) is 10.1. The maximum atomic E-state index is 8.96. The van der Waals surface area contributed by atoms with Gasteiger partial charge in [0.05, 0.1) is 13.2 Å². The molecule has 4 atom stereocenters. The summed E-state index contributed by atoms with van der Waals surface area (Å²) in [5.41, 5.74) is 4.50. The van der Waals surface area contributed by atoms with E-state index in [1.54, 1.807) is 0 Å². The largest absolute Gasteiger partial charge is 0.394 e. The van der Waals surface area contributed by atoms with E-state index in [9.17, 15) is 0 Å². The highest BCUT2D eigenvalue weighted by Crippen LogP contribution is 2.03. The highest BCUT2D eigenvalue weighted by atomic mass is 79.9. The SMILES string of the molecule is Br.CN.OCC(O)C(O)C(O)C(O)CO. The first-order valence-corrected chi connectivity index (χ1v) is 4.06. The second-order valence-corrected chi connectivity index (χ2v) is 2.48. The van der Waals surface area contributed by atoms with Gasteiger partial charge in [-0.3, -0.25) is 0 Å². The van der Waals surface area contributed by atoms with Gasteiger partial charge in [-0.15, -0.1) is 17.0 Å². The van der Waals surface area contributed by atoms with Gasteiger partial charge in [-0.05, 0) is 7.05 Å². The van der Waals surface area contributed by atoms with Gasteiger partial charge in [0.25, 0.3) is 0 Å². The molecule has 0 fully saturated rings. The summed E-state index contributed by atoms with van der Waals surface area (Å²) in [5, 5.41) is 52.2. The van der Waals surface area contributed by atoms with Crippen LogP contribution in [0.4, 0.5) is 0 Å². The van der Waals surface area contributed by atoms with Gasteiger partial charge in [-0.25, -0.2) is 0 Å². The molecular weight excluding hydrogens is 274 g/mol. The summed E-state index contributed by atoms with van der Waals surface area (Å²) in [7, 11) is 1.50. The summed E-state index contributed by atoms with van der Waals surface area (Å²) < 4.78 is 0. The molecule has 0 amide bonds. The predicted molar refractivity (Wildman–Crippen MR) is 58.6 cm³/mol. The Morgan fingerprint density at radius 3 is 1.13 bits per heavy atom. The van der Waals surface area contributed by atoms with Crippen LogP contribution in [-0.4, -0.2) is 75.3 Å². The molecule has 7 nitrogen and oxygen atoms in total. The highest BCUT2D eigenvalue weighted by molar-refractivity contribution is 8.93. The first-order chi connectivity index (χ1) is 6.54. The van der Waals surface area contributed by atoms with Crippen molar-refractivity contribution in [2.75, 3.05) is 20.3 Å². The number of halogens is 1. The average Bonchev–Trinajstić information content (AvgIpc) is 2.27. The van der Waals surface area contributed by atoms with Crippen LogP contribution >= 0.6 is 17.0 Å². The van der Waals surface area contributed by atoms with Gasteiger partial charge >= 0.3 is 0 Å². The van der Waals surface area contributed by atoms with Crippen molar-refractivity contribution >= 4 is 17.0 Å². The molecule has 0 aromatic heterocycles. The molecule has 0 heterocycles. The van der Waals surface area contributed by atoms with Crippen molar-refractivity contribution in [3.63, 3.8) is 0 Å². The van der Waals surface area contributed by atoms with E-state index >= 15 is 0 Å². The van der Waals surface area contributed by atoms with E-state index in [1.807, 2.05) is 0 Å². The van der Waals surface area contributed by atoms with Crippen LogP contribution in [0, 0.1) is 0 Å². The van der Waals surface area contributed by atoms with Crippen LogP contribution in [0.15, 0.2) is 0 Å². The number of rotatable bonds is 5. The fraction of sp³-hybridized carbons (Fsp3) is 1.00. The Hall–Kier alpha value is 0.200. The molecule has 0 spiro atoms. The maximum Gasteiger partial charge on any atom is 0.111 e. The molecule has 0 aliphatic rings. The quantitative estimate of drug-likeness (QED) is 0.279. The number of aliphatic hydroxyl groups excluding tert-OH is 6. The lowest BCUT2D eigenvalue weighted by Crippen LogP contribution is -2.46. The summed E-state index contributed by atoms with van der Waals surface area (Å²) in [6.45, 7) is -1.45. The Kier molecular flexibility index (Phi) is 16.8. The van der Waals surface area contributed by atoms with Gasteiger partial charge in [-0.1, -0.05) is 0 Å². The molecule has 0 aliphatic heterocycles. The van der Waals surface area contributed by atoms with Crippen molar-refractivity contribution in [3.8, 4) is 0 Å². The van der Waals surface area contributed by atoms with Crippen LogP contribution in [0.25, 0.3) is 0 Å². The maximum absolute atomic E-state index is 8.96. The number of hydrogen-bond acceptors (Lipinski definition) is 7. The second-order valence-electron chi connectivity index (χ2n) is 2.48. The molecular formula is C7H20BrNO6. The fourth-order valence-corrected chi connectivity index (χ4v) is 0.671. The Morgan fingerprint density at radius 1 is 0.800 bits per heavy atom. The third kappa shape index (κ3) is 8.05. The molecule has 0 aromatic rings. The molecule has 0 aliphatic carbocycles. The molecule has 0 rings (SSSR count). The lowest BCUT2D eigenvalue weighted by Gasteiger charge is -2.24. The van der Waals surface area contributed by atoms with Crippen molar-refractivity contribution in [2.45, 2.75) is 24.4 Å². The second kappa shape index (κ2) is 12.3. The van der Waals surface area contributed by atoms with Crippen LogP contribution in [0.1, 0.15) is 0 Å². The first-order valence-electron chi connectivity index (χ1n) is 4.06. The molecule has 15 heavy (non-hydrogen) atoms. The molecule has 0 radical (unpaired) electrons. The van der Waals surface area contributed by atoms with Gasteiger partial charge in [0.1, 0.15) is 24.4 Å². The fourth-order valence-electron chi connectivity index (χ4n) is 0.671. The van der Waals surface area contributed by atoms with Gasteiger partial charge in [0.15, 0.2) is 0 Å². The van der Waals surface area contributed by atoms with Crippen molar-refractivity contribution in [3.05, 3.63) is 0 Å². The van der Waals surface area contributed by atoms with Crippen LogP contribution in [-0.2, 0) is 0 Å². The van der Waals surface area contributed by atoms with Crippen molar-refractivity contribution in [2.24, 2.45) is 5.73 Å². The van der Waals surface area contributed by atoms with Gasteiger partial charge < -0.3 is 36.4 Å². The first kappa shape index (κ1) is 20.6. The topological polar surface area (TPSA) is 147 Å². The minimum absolute atomic E-state index is 0. The Labute approximate surface area is 98.6 Å². The lowest BCUT2D eigenvalue weighted by atomic mass is 10.0. The molecule has 0 aromatic carbocycles. The highest BCUT2D eigenvalue weighted by Gasteiger charge is 2.29. The Balaban J connectivity index is -0.000000449. The summed E-state index contributed by atoms with van der Waals surface area (Å²) in [4.78, 5) is 0. The third-order valence-corrected chi connectivity index (χ3v) is 1.51. The molecule has 4 unspecified atom stereocenters. The summed E-state index contributed by atoms with van der Waals surface area (Å²) >= 11 is 0. The van der Waals surface area contributed by atoms with E-state index in [0.717, 1.165) is 0 Å². The van der Waals surface area contributed by atoms with E-state index < -0.39 is 37.6 Å². The molecule has 8 N–H and O–H groups in total. The average molecular weight is 294 g/mol. The number of hydrogen-bond donors (Lipinski definition) is 7. The van der Waals surface area contributed by atoms with Gasteiger partial charge in [0, 0.05) is 0 Å². The molecule has 0 saturated heterocycles. The molecule has 96 valence electrons. The minimum atomic E-state index is -1.67. The molecule has 0 bridgehead atoms. The Bertz CT molecular complexity index is 116. The van der Waals surface area contributed by atoms with Gasteiger partial charge in [-0.2, -0.15) is 0 Å². The zero-order valence-electron chi connectivity index (χ0n) is 8.39.